The maximum atomic E-state index is 5.83. The van der Waals surface area contributed by atoms with Crippen molar-refractivity contribution in [1.29, 1.82) is 0 Å². The molecule has 0 amide bonds. The molecule has 0 atom stereocenters. The van der Waals surface area contributed by atoms with Crippen molar-refractivity contribution in [3.63, 3.8) is 0 Å². The molecule has 1 heterocycles. The van der Waals surface area contributed by atoms with Gasteiger partial charge < -0.3 is 15.0 Å². The molecule has 0 saturated carbocycles. The molecule has 4 heteroatoms. The van der Waals surface area contributed by atoms with Crippen LogP contribution in [0.25, 0.3) is 11.1 Å². The molecule has 1 aromatic heterocycles. The second kappa shape index (κ2) is 4.72. The van der Waals surface area contributed by atoms with Gasteiger partial charge in [-0.05, 0) is 36.1 Å². The Hall–Kier alpha value is -1.97. The fourth-order valence-corrected chi connectivity index (χ4v) is 2.08. The van der Waals surface area contributed by atoms with Gasteiger partial charge in [0.1, 0.15) is 11.5 Å². The average Bonchev–Trinajstić information content (AvgIpc) is 2.68. The highest BCUT2D eigenvalue weighted by Crippen LogP contribution is 2.35. The van der Waals surface area contributed by atoms with E-state index in [0.717, 1.165) is 28.2 Å². The molecule has 18 heavy (non-hydrogen) atoms. The largest absolute Gasteiger partial charge is 0.496 e. The number of nitrogen functional groups attached to an aromatic ring is 1. The molecule has 0 unspecified atom stereocenters. The Labute approximate surface area is 107 Å². The lowest BCUT2D eigenvalue weighted by Crippen LogP contribution is -1.96. The Morgan fingerprint density at radius 3 is 2.56 bits per heavy atom. The van der Waals surface area contributed by atoms with Crippen molar-refractivity contribution in [3.8, 4) is 16.9 Å². The summed E-state index contributed by atoms with van der Waals surface area (Å²) in [6.45, 7) is 6.12. The van der Waals surface area contributed by atoms with Crippen molar-refractivity contribution in [3.05, 3.63) is 29.5 Å². The number of hydrogen-bond acceptors (Lipinski definition) is 4. The highest BCUT2D eigenvalue weighted by molar-refractivity contribution is 5.76. The highest BCUT2D eigenvalue weighted by Gasteiger charge is 2.15. The van der Waals surface area contributed by atoms with Crippen LogP contribution in [0, 0.1) is 6.92 Å². The Balaban J connectivity index is 2.57. The predicted octanol–water partition coefficient (Wildman–Crippen LogP) is 3.36. The lowest BCUT2D eigenvalue weighted by atomic mass is 9.96. The Bertz CT molecular complexity index is 539. The minimum atomic E-state index is 0.376. The summed E-state index contributed by atoms with van der Waals surface area (Å²) in [5, 5.41) is 3.78. The molecule has 0 bridgehead atoms. The predicted molar refractivity (Wildman–Crippen MR) is 71.7 cm³/mol. The quantitative estimate of drug-likeness (QED) is 0.902. The molecule has 96 valence electrons. The molecular weight excluding hydrogens is 228 g/mol. The Morgan fingerprint density at radius 2 is 2.06 bits per heavy atom. The Morgan fingerprint density at radius 1 is 1.33 bits per heavy atom. The maximum Gasteiger partial charge on any atom is 0.175 e. The van der Waals surface area contributed by atoms with Crippen LogP contribution in [0.5, 0.6) is 5.75 Å². The van der Waals surface area contributed by atoms with E-state index in [1.807, 2.05) is 19.1 Å². The van der Waals surface area contributed by atoms with Crippen LogP contribution in [-0.2, 0) is 0 Å². The van der Waals surface area contributed by atoms with Crippen LogP contribution in [0.2, 0.25) is 0 Å². The van der Waals surface area contributed by atoms with Gasteiger partial charge in [-0.2, -0.15) is 0 Å². The van der Waals surface area contributed by atoms with E-state index in [2.05, 4.69) is 25.1 Å². The summed E-state index contributed by atoms with van der Waals surface area (Å²) in [4.78, 5) is 0. The third kappa shape index (κ3) is 2.06. The Kier molecular flexibility index (Phi) is 3.28. The molecule has 2 aromatic rings. The van der Waals surface area contributed by atoms with Gasteiger partial charge in [0.05, 0.1) is 12.7 Å². The first kappa shape index (κ1) is 12.5. The van der Waals surface area contributed by atoms with Gasteiger partial charge in [0.15, 0.2) is 5.82 Å². The van der Waals surface area contributed by atoms with Gasteiger partial charge in [-0.3, -0.25) is 0 Å². The summed E-state index contributed by atoms with van der Waals surface area (Å²) in [6, 6.07) is 6.01. The molecule has 0 aliphatic carbocycles. The van der Waals surface area contributed by atoms with E-state index in [1.165, 1.54) is 0 Å². The lowest BCUT2D eigenvalue weighted by molar-refractivity contribution is 0.401. The number of aromatic nitrogens is 1. The van der Waals surface area contributed by atoms with Gasteiger partial charge in [-0.1, -0.05) is 25.1 Å². The standard InChI is InChI=1S/C14H18N2O2/c1-8(2)11-7-10(5-6-12(11)17-4)13-9(3)18-16-14(13)15/h5-8H,1-4H3,(H2,15,16). The lowest BCUT2D eigenvalue weighted by Gasteiger charge is -2.13. The molecule has 0 saturated heterocycles. The third-order valence-electron chi connectivity index (χ3n) is 3.03. The van der Waals surface area contributed by atoms with E-state index in [1.54, 1.807) is 7.11 Å². The molecule has 0 aliphatic heterocycles. The molecular formula is C14H18N2O2. The average molecular weight is 246 g/mol. The molecule has 0 radical (unpaired) electrons. The van der Waals surface area contributed by atoms with E-state index >= 15 is 0 Å². The van der Waals surface area contributed by atoms with Crippen LogP contribution in [0.1, 0.15) is 31.1 Å². The normalized spacial score (nSPS) is 10.9. The van der Waals surface area contributed by atoms with Crippen LogP contribution in [0.15, 0.2) is 22.7 Å². The molecule has 4 nitrogen and oxygen atoms in total. The van der Waals surface area contributed by atoms with E-state index in [4.69, 9.17) is 15.0 Å². The van der Waals surface area contributed by atoms with Gasteiger partial charge in [0.25, 0.3) is 0 Å². The number of nitrogens with zero attached hydrogens (tertiary/aromatic N) is 1. The summed E-state index contributed by atoms with van der Waals surface area (Å²) in [6.07, 6.45) is 0. The minimum absolute atomic E-state index is 0.376. The first-order valence-corrected chi connectivity index (χ1v) is 5.94. The number of ether oxygens (including phenoxy) is 1. The van der Waals surface area contributed by atoms with Crippen LogP contribution in [0.4, 0.5) is 5.82 Å². The van der Waals surface area contributed by atoms with Crippen molar-refractivity contribution < 1.29 is 9.26 Å². The molecule has 0 fully saturated rings. The summed E-state index contributed by atoms with van der Waals surface area (Å²) in [5.74, 6) is 2.42. The molecule has 1 aromatic carbocycles. The number of nitrogens with two attached hydrogens (primary N) is 1. The smallest absolute Gasteiger partial charge is 0.175 e. The van der Waals surface area contributed by atoms with Gasteiger partial charge >= 0.3 is 0 Å². The van der Waals surface area contributed by atoms with E-state index in [9.17, 15) is 0 Å². The zero-order valence-electron chi connectivity index (χ0n) is 11.2. The summed E-state index contributed by atoms with van der Waals surface area (Å²) >= 11 is 0. The monoisotopic (exact) mass is 246 g/mol. The van der Waals surface area contributed by atoms with Crippen molar-refractivity contribution >= 4 is 5.82 Å². The van der Waals surface area contributed by atoms with Crippen LogP contribution in [-0.4, -0.2) is 12.3 Å². The SMILES string of the molecule is COc1ccc(-c2c(N)noc2C)cc1C(C)C. The second-order valence-corrected chi connectivity index (χ2v) is 4.61. The van der Waals surface area contributed by atoms with Crippen molar-refractivity contribution in [2.75, 3.05) is 12.8 Å². The topological polar surface area (TPSA) is 61.3 Å². The fraction of sp³-hybridized carbons (Fsp3) is 0.357. The molecule has 0 spiro atoms. The third-order valence-corrected chi connectivity index (χ3v) is 3.03. The molecule has 2 rings (SSSR count). The van der Waals surface area contributed by atoms with Gasteiger partial charge in [-0.15, -0.1) is 0 Å². The zero-order chi connectivity index (χ0) is 13.3. The fourth-order valence-electron chi connectivity index (χ4n) is 2.08. The van der Waals surface area contributed by atoms with Crippen molar-refractivity contribution in [1.82, 2.24) is 5.16 Å². The van der Waals surface area contributed by atoms with Gasteiger partial charge in [0, 0.05) is 0 Å². The summed E-state index contributed by atoms with van der Waals surface area (Å²) in [5.41, 5.74) is 8.85. The van der Waals surface area contributed by atoms with Crippen molar-refractivity contribution in [2.24, 2.45) is 0 Å². The van der Waals surface area contributed by atoms with Crippen LogP contribution < -0.4 is 10.5 Å². The number of benzene rings is 1. The number of aryl methyl sites for hydroxylation is 1. The number of hydrogen-bond donors (Lipinski definition) is 1. The van der Waals surface area contributed by atoms with Crippen molar-refractivity contribution in [2.45, 2.75) is 26.7 Å². The first-order valence-electron chi connectivity index (χ1n) is 5.94. The van der Waals surface area contributed by atoms with Gasteiger partial charge in [-0.25, -0.2) is 0 Å². The van der Waals surface area contributed by atoms with Crippen LogP contribution >= 0.6 is 0 Å². The molecule has 0 aliphatic rings. The number of rotatable bonds is 3. The maximum absolute atomic E-state index is 5.83. The van der Waals surface area contributed by atoms with E-state index in [0.29, 0.717) is 11.7 Å². The second-order valence-electron chi connectivity index (χ2n) is 4.61. The summed E-state index contributed by atoms with van der Waals surface area (Å²) in [7, 11) is 1.68. The van der Waals surface area contributed by atoms with E-state index in [-0.39, 0.29) is 0 Å². The zero-order valence-corrected chi connectivity index (χ0v) is 11.2. The highest BCUT2D eigenvalue weighted by atomic mass is 16.5. The van der Waals surface area contributed by atoms with E-state index < -0.39 is 0 Å². The summed E-state index contributed by atoms with van der Waals surface area (Å²) < 4.78 is 10.5. The van der Waals surface area contributed by atoms with Crippen LogP contribution in [0.3, 0.4) is 0 Å². The first-order chi connectivity index (χ1) is 8.54. The molecule has 2 N–H and O–H groups in total. The number of anilines is 1. The van der Waals surface area contributed by atoms with Gasteiger partial charge in [0.2, 0.25) is 0 Å². The number of methoxy groups -OCH3 is 1. The minimum Gasteiger partial charge on any atom is -0.496 e.